The fraction of sp³-hybridized carbons (Fsp3) is 0.500. The highest BCUT2D eigenvalue weighted by molar-refractivity contribution is 5.90. The molecule has 0 radical (unpaired) electrons. The standard InChI is InChI=1S/C16H17F3N2O3/c17-16(18,19)11-4-1-3-10(7-11)8-21-6-2-5-12(15(21)23)20-14(22)13-9-24-13/h1,3-4,7,12-13H,2,5-6,8-9H2,(H,20,22). The summed E-state index contributed by atoms with van der Waals surface area (Å²) in [5, 5.41) is 2.65. The van der Waals surface area contributed by atoms with Crippen LogP contribution in [0.2, 0.25) is 0 Å². The number of epoxide rings is 1. The van der Waals surface area contributed by atoms with E-state index in [1.165, 1.54) is 11.0 Å². The molecule has 2 aliphatic heterocycles. The third-order valence-electron chi connectivity index (χ3n) is 4.10. The number of benzene rings is 1. The molecule has 8 heteroatoms. The summed E-state index contributed by atoms with van der Waals surface area (Å²) in [5.74, 6) is -0.582. The molecule has 0 saturated carbocycles. The maximum absolute atomic E-state index is 12.8. The first-order valence-electron chi connectivity index (χ1n) is 7.71. The van der Waals surface area contributed by atoms with Crippen LogP contribution in [0.4, 0.5) is 13.2 Å². The molecule has 1 aromatic carbocycles. The van der Waals surface area contributed by atoms with Gasteiger partial charge < -0.3 is 15.0 Å². The summed E-state index contributed by atoms with van der Waals surface area (Å²) in [5.41, 5.74) is -0.323. The van der Waals surface area contributed by atoms with Gasteiger partial charge in [-0.25, -0.2) is 0 Å². The minimum atomic E-state index is -4.41. The van der Waals surface area contributed by atoms with E-state index in [-0.39, 0.29) is 18.4 Å². The summed E-state index contributed by atoms with van der Waals surface area (Å²) in [6, 6.07) is 4.30. The summed E-state index contributed by atoms with van der Waals surface area (Å²) < 4.78 is 43.2. The largest absolute Gasteiger partial charge is 0.416 e. The van der Waals surface area contributed by atoms with Crippen molar-refractivity contribution in [2.75, 3.05) is 13.2 Å². The number of piperidine rings is 1. The van der Waals surface area contributed by atoms with Crippen LogP contribution < -0.4 is 5.32 Å². The molecule has 2 atom stereocenters. The normalized spacial score (nSPS) is 24.0. The van der Waals surface area contributed by atoms with Gasteiger partial charge in [0.2, 0.25) is 5.91 Å². The Kier molecular flexibility index (Phi) is 4.49. The first-order valence-corrected chi connectivity index (χ1v) is 7.71. The molecular weight excluding hydrogens is 325 g/mol. The maximum Gasteiger partial charge on any atom is 0.416 e. The molecule has 130 valence electrons. The second-order valence-electron chi connectivity index (χ2n) is 5.98. The molecule has 0 aliphatic carbocycles. The number of likely N-dealkylation sites (tertiary alicyclic amines) is 1. The van der Waals surface area contributed by atoms with Crippen molar-refractivity contribution in [3.05, 3.63) is 35.4 Å². The van der Waals surface area contributed by atoms with Gasteiger partial charge >= 0.3 is 6.18 Å². The van der Waals surface area contributed by atoms with Gasteiger partial charge in [-0.15, -0.1) is 0 Å². The molecule has 3 rings (SSSR count). The molecule has 0 aromatic heterocycles. The van der Waals surface area contributed by atoms with Crippen molar-refractivity contribution in [2.24, 2.45) is 0 Å². The Hall–Kier alpha value is -2.09. The van der Waals surface area contributed by atoms with Crippen LogP contribution in [0.15, 0.2) is 24.3 Å². The van der Waals surface area contributed by atoms with E-state index in [1.807, 2.05) is 0 Å². The predicted molar refractivity (Wildman–Crippen MR) is 77.8 cm³/mol. The lowest BCUT2D eigenvalue weighted by Crippen LogP contribution is -2.52. The van der Waals surface area contributed by atoms with Gasteiger partial charge in [0.15, 0.2) is 6.10 Å². The molecule has 2 heterocycles. The van der Waals surface area contributed by atoms with Crippen LogP contribution in [-0.2, 0) is 27.0 Å². The van der Waals surface area contributed by atoms with Crippen molar-refractivity contribution in [1.82, 2.24) is 10.2 Å². The minimum absolute atomic E-state index is 0.0923. The van der Waals surface area contributed by atoms with Crippen LogP contribution >= 0.6 is 0 Å². The number of nitrogens with zero attached hydrogens (tertiary/aromatic N) is 1. The van der Waals surface area contributed by atoms with E-state index in [9.17, 15) is 22.8 Å². The number of alkyl halides is 3. The minimum Gasteiger partial charge on any atom is -0.363 e. The van der Waals surface area contributed by atoms with Gasteiger partial charge in [0, 0.05) is 13.1 Å². The molecule has 5 nitrogen and oxygen atoms in total. The molecule has 1 aromatic rings. The fourth-order valence-corrected chi connectivity index (χ4v) is 2.76. The molecule has 24 heavy (non-hydrogen) atoms. The molecule has 1 N–H and O–H groups in total. The van der Waals surface area contributed by atoms with E-state index < -0.39 is 23.9 Å². The molecular formula is C16H17F3N2O3. The number of hydrogen-bond acceptors (Lipinski definition) is 3. The van der Waals surface area contributed by atoms with Crippen LogP contribution in [0, 0.1) is 0 Å². The Bertz CT molecular complexity index is 644. The lowest BCUT2D eigenvalue weighted by atomic mass is 10.0. The highest BCUT2D eigenvalue weighted by Crippen LogP contribution is 2.30. The van der Waals surface area contributed by atoms with Gasteiger partial charge in [-0.05, 0) is 30.5 Å². The van der Waals surface area contributed by atoms with E-state index in [0.717, 1.165) is 12.1 Å². The van der Waals surface area contributed by atoms with Gasteiger partial charge in [-0.3, -0.25) is 9.59 Å². The Morgan fingerprint density at radius 2 is 2.12 bits per heavy atom. The van der Waals surface area contributed by atoms with Crippen molar-refractivity contribution in [3.8, 4) is 0 Å². The van der Waals surface area contributed by atoms with Gasteiger partial charge in [0.25, 0.3) is 5.91 Å². The molecule has 0 spiro atoms. The summed E-state index contributed by atoms with van der Waals surface area (Å²) in [7, 11) is 0. The number of hydrogen-bond donors (Lipinski definition) is 1. The molecule has 0 bridgehead atoms. The van der Waals surface area contributed by atoms with Crippen LogP contribution in [0.5, 0.6) is 0 Å². The summed E-state index contributed by atoms with van der Waals surface area (Å²) in [6.07, 6.45) is -3.68. The first kappa shape index (κ1) is 16.8. The van der Waals surface area contributed by atoms with E-state index in [4.69, 9.17) is 4.74 Å². The third kappa shape index (κ3) is 3.87. The lowest BCUT2D eigenvalue weighted by molar-refractivity contribution is -0.139. The Morgan fingerprint density at radius 1 is 1.38 bits per heavy atom. The predicted octanol–water partition coefficient (Wildman–Crippen LogP) is 1.71. The monoisotopic (exact) mass is 342 g/mol. The van der Waals surface area contributed by atoms with E-state index >= 15 is 0 Å². The molecule has 2 saturated heterocycles. The van der Waals surface area contributed by atoms with Crippen LogP contribution in [0.25, 0.3) is 0 Å². The van der Waals surface area contributed by atoms with Crippen molar-refractivity contribution in [1.29, 1.82) is 0 Å². The summed E-state index contributed by atoms with van der Waals surface area (Å²) in [6.45, 7) is 0.914. The molecule has 2 amide bonds. The number of ether oxygens (including phenoxy) is 1. The zero-order valence-corrected chi connectivity index (χ0v) is 12.8. The average Bonchev–Trinajstić information content (AvgIpc) is 3.35. The Balaban J connectivity index is 1.66. The van der Waals surface area contributed by atoms with Gasteiger partial charge in [0.05, 0.1) is 12.2 Å². The highest BCUT2D eigenvalue weighted by atomic mass is 19.4. The van der Waals surface area contributed by atoms with Gasteiger partial charge in [-0.2, -0.15) is 13.2 Å². The van der Waals surface area contributed by atoms with Crippen molar-refractivity contribution in [2.45, 2.75) is 37.7 Å². The number of rotatable bonds is 4. The van der Waals surface area contributed by atoms with Gasteiger partial charge in [-0.1, -0.05) is 12.1 Å². The summed E-state index contributed by atoms with van der Waals surface area (Å²) >= 11 is 0. The number of carbonyl (C=O) groups is 2. The van der Waals surface area contributed by atoms with Crippen molar-refractivity contribution in [3.63, 3.8) is 0 Å². The number of halogens is 3. The van der Waals surface area contributed by atoms with Gasteiger partial charge in [0.1, 0.15) is 6.04 Å². The second kappa shape index (κ2) is 6.43. The van der Waals surface area contributed by atoms with Crippen LogP contribution in [0.3, 0.4) is 0 Å². The molecule has 2 fully saturated rings. The van der Waals surface area contributed by atoms with E-state index in [1.54, 1.807) is 6.07 Å². The van der Waals surface area contributed by atoms with Crippen molar-refractivity contribution >= 4 is 11.8 Å². The van der Waals surface area contributed by atoms with E-state index in [2.05, 4.69) is 5.32 Å². The summed E-state index contributed by atoms with van der Waals surface area (Å²) in [4.78, 5) is 25.6. The lowest BCUT2D eigenvalue weighted by Gasteiger charge is -2.32. The Labute approximate surface area is 136 Å². The molecule has 2 aliphatic rings. The SMILES string of the molecule is O=C(NC1CCCN(Cc2cccc(C(F)(F)F)c2)C1=O)C1CO1. The molecule has 2 unspecified atom stereocenters. The number of nitrogens with one attached hydrogen (secondary N) is 1. The number of carbonyl (C=O) groups excluding carboxylic acids is 2. The highest BCUT2D eigenvalue weighted by Gasteiger charge is 2.36. The fourth-order valence-electron chi connectivity index (χ4n) is 2.76. The van der Waals surface area contributed by atoms with E-state index in [0.29, 0.717) is 31.6 Å². The topological polar surface area (TPSA) is 61.9 Å². The quantitative estimate of drug-likeness (QED) is 0.848. The Morgan fingerprint density at radius 3 is 2.79 bits per heavy atom. The zero-order valence-electron chi connectivity index (χ0n) is 12.8. The van der Waals surface area contributed by atoms with Crippen molar-refractivity contribution < 1.29 is 27.5 Å². The first-order chi connectivity index (χ1) is 11.3. The second-order valence-corrected chi connectivity index (χ2v) is 5.98. The third-order valence-corrected chi connectivity index (χ3v) is 4.10. The average molecular weight is 342 g/mol. The van der Waals surface area contributed by atoms with Crippen LogP contribution in [-0.4, -0.2) is 42.0 Å². The van der Waals surface area contributed by atoms with Crippen LogP contribution in [0.1, 0.15) is 24.0 Å². The maximum atomic E-state index is 12.8. The number of amides is 2. The zero-order chi connectivity index (χ0) is 17.3. The smallest absolute Gasteiger partial charge is 0.363 e.